The number of benzene rings is 3. The number of esters is 1. The Balaban J connectivity index is 1.69. The number of hydrogen-bond donors (Lipinski definition) is 1. The number of carbonyl (C=O) groups is 2. The molecule has 0 saturated heterocycles. The number of unbranched alkanes of at least 4 members (excludes halogenated alkanes) is 2. The van der Waals surface area contributed by atoms with Crippen molar-refractivity contribution in [3.05, 3.63) is 71.8 Å². The highest BCUT2D eigenvalue weighted by Crippen LogP contribution is 2.23. The van der Waals surface area contributed by atoms with E-state index in [1.54, 1.807) is 36.4 Å². The highest BCUT2D eigenvalue weighted by atomic mass is 32.1. The first-order chi connectivity index (χ1) is 13.6. The molecule has 0 aliphatic carbocycles. The Morgan fingerprint density at radius 3 is 2.18 bits per heavy atom. The minimum absolute atomic E-state index is 0.332. The van der Waals surface area contributed by atoms with Crippen LogP contribution in [0.2, 0.25) is 0 Å². The second-order valence-electron chi connectivity index (χ2n) is 6.50. The molecule has 0 heterocycles. The van der Waals surface area contributed by atoms with E-state index >= 15 is 0 Å². The van der Waals surface area contributed by atoms with Gasteiger partial charge in [-0.1, -0.05) is 31.9 Å². The molecule has 0 unspecified atom stereocenters. The molecule has 0 fully saturated rings. The van der Waals surface area contributed by atoms with Crippen molar-refractivity contribution in [3.63, 3.8) is 0 Å². The summed E-state index contributed by atoms with van der Waals surface area (Å²) in [6.07, 6.45) is 3.37. The van der Waals surface area contributed by atoms with Crippen molar-refractivity contribution in [2.45, 2.75) is 26.2 Å². The maximum Gasteiger partial charge on any atom is 0.343 e. The monoisotopic (exact) mass is 394 g/mol. The first kappa shape index (κ1) is 20.0. The van der Waals surface area contributed by atoms with Gasteiger partial charge in [-0.3, -0.25) is 4.79 Å². The minimum atomic E-state index is -0.452. The molecule has 3 aromatic carbocycles. The maximum atomic E-state index is 12.4. The summed E-state index contributed by atoms with van der Waals surface area (Å²) in [5.41, 5.74) is 0.903. The van der Waals surface area contributed by atoms with E-state index in [1.165, 1.54) is 0 Å². The largest absolute Gasteiger partial charge is 0.494 e. The quantitative estimate of drug-likeness (QED) is 0.230. The van der Waals surface area contributed by atoms with Gasteiger partial charge in [-0.05, 0) is 65.7 Å². The molecule has 0 aliphatic rings. The normalized spacial score (nSPS) is 10.6. The molecule has 5 heteroatoms. The van der Waals surface area contributed by atoms with Gasteiger partial charge in [-0.25, -0.2) is 4.79 Å². The summed E-state index contributed by atoms with van der Waals surface area (Å²) in [7, 11) is 0. The summed E-state index contributed by atoms with van der Waals surface area (Å²) in [4.78, 5) is 23.6. The van der Waals surface area contributed by atoms with Gasteiger partial charge < -0.3 is 9.47 Å². The molecule has 0 amide bonds. The summed E-state index contributed by atoms with van der Waals surface area (Å²) in [6.45, 7) is 2.87. The van der Waals surface area contributed by atoms with Gasteiger partial charge in [0.15, 0.2) is 0 Å². The zero-order chi connectivity index (χ0) is 19.9. The van der Waals surface area contributed by atoms with Crippen LogP contribution in [0.1, 0.15) is 46.9 Å². The summed E-state index contributed by atoms with van der Waals surface area (Å²) in [5.74, 6) is 0.753. The van der Waals surface area contributed by atoms with E-state index in [9.17, 15) is 9.59 Å². The van der Waals surface area contributed by atoms with Crippen LogP contribution in [0.5, 0.6) is 11.5 Å². The van der Waals surface area contributed by atoms with Crippen LogP contribution in [-0.2, 0) is 0 Å². The van der Waals surface area contributed by atoms with E-state index in [4.69, 9.17) is 9.47 Å². The van der Waals surface area contributed by atoms with E-state index in [0.29, 0.717) is 23.5 Å². The van der Waals surface area contributed by atoms with Gasteiger partial charge in [-0.15, -0.1) is 12.6 Å². The number of hydrogen-bond acceptors (Lipinski definition) is 4. The molecule has 0 N–H and O–H groups in total. The summed E-state index contributed by atoms with van der Waals surface area (Å²) in [5, 5.41) is 1.61. The molecule has 0 radical (unpaired) electrons. The molecule has 28 heavy (non-hydrogen) atoms. The number of fused-ring (bicyclic) bond motifs is 1. The number of ether oxygens (including phenoxy) is 2. The Bertz CT molecular complexity index is 980. The van der Waals surface area contributed by atoms with Gasteiger partial charge in [0, 0.05) is 5.56 Å². The van der Waals surface area contributed by atoms with Crippen molar-refractivity contribution >= 4 is 34.5 Å². The van der Waals surface area contributed by atoms with Crippen LogP contribution in [0.3, 0.4) is 0 Å². The van der Waals surface area contributed by atoms with Crippen LogP contribution in [0.4, 0.5) is 0 Å². The maximum absolute atomic E-state index is 12.4. The standard InChI is InChI=1S/C23H22O4S/c1-2-3-4-13-26-21-12-9-17-14-19(6-5-18(17)15-21)22(24)27-20-10-7-16(8-11-20)23(25)28/h5-12,14-15H,2-4,13H2,1H3,(H,25,28). The van der Waals surface area contributed by atoms with Crippen LogP contribution in [-0.4, -0.2) is 17.7 Å². The van der Waals surface area contributed by atoms with E-state index in [2.05, 4.69) is 19.6 Å². The predicted octanol–water partition coefficient (Wildman–Crippen LogP) is 5.70. The van der Waals surface area contributed by atoms with Crippen molar-refractivity contribution in [2.75, 3.05) is 6.61 Å². The van der Waals surface area contributed by atoms with Gasteiger partial charge in [0.2, 0.25) is 5.12 Å². The van der Waals surface area contributed by atoms with Crippen LogP contribution < -0.4 is 9.47 Å². The smallest absolute Gasteiger partial charge is 0.343 e. The van der Waals surface area contributed by atoms with Gasteiger partial charge in [-0.2, -0.15) is 0 Å². The zero-order valence-electron chi connectivity index (χ0n) is 15.7. The lowest BCUT2D eigenvalue weighted by atomic mass is 10.1. The fourth-order valence-electron chi connectivity index (χ4n) is 2.81. The Morgan fingerprint density at radius 2 is 1.46 bits per heavy atom. The first-order valence-electron chi connectivity index (χ1n) is 9.29. The lowest BCUT2D eigenvalue weighted by molar-refractivity contribution is 0.0735. The van der Waals surface area contributed by atoms with E-state index in [-0.39, 0.29) is 5.12 Å². The van der Waals surface area contributed by atoms with Crippen molar-refractivity contribution in [2.24, 2.45) is 0 Å². The highest BCUT2D eigenvalue weighted by molar-refractivity contribution is 7.97. The minimum Gasteiger partial charge on any atom is -0.494 e. The molecule has 0 bridgehead atoms. The summed E-state index contributed by atoms with van der Waals surface area (Å²) >= 11 is 3.76. The van der Waals surface area contributed by atoms with Gasteiger partial charge >= 0.3 is 5.97 Å². The van der Waals surface area contributed by atoms with E-state index < -0.39 is 5.97 Å². The fraction of sp³-hybridized carbons (Fsp3) is 0.217. The van der Waals surface area contributed by atoms with Crippen LogP contribution >= 0.6 is 12.6 Å². The molecule has 3 rings (SSSR count). The van der Waals surface area contributed by atoms with Crippen molar-refractivity contribution < 1.29 is 19.1 Å². The van der Waals surface area contributed by atoms with Crippen LogP contribution in [0, 0.1) is 0 Å². The average molecular weight is 394 g/mol. The molecule has 0 aliphatic heterocycles. The van der Waals surface area contributed by atoms with E-state index in [0.717, 1.165) is 35.8 Å². The van der Waals surface area contributed by atoms with Crippen molar-refractivity contribution in [3.8, 4) is 11.5 Å². The fourth-order valence-corrected chi connectivity index (χ4v) is 2.96. The number of rotatable bonds is 8. The molecule has 144 valence electrons. The molecule has 4 nitrogen and oxygen atoms in total. The first-order valence-corrected chi connectivity index (χ1v) is 9.73. The molecule has 0 spiro atoms. The number of thiol groups is 1. The molecule has 3 aromatic rings. The lowest BCUT2D eigenvalue weighted by Crippen LogP contribution is -2.08. The van der Waals surface area contributed by atoms with Crippen molar-refractivity contribution in [1.82, 2.24) is 0 Å². The molecule has 0 aromatic heterocycles. The average Bonchev–Trinajstić information content (AvgIpc) is 2.71. The molecule has 0 saturated carbocycles. The Hall–Kier alpha value is -2.79. The second-order valence-corrected chi connectivity index (χ2v) is 6.90. The second kappa shape index (κ2) is 9.42. The predicted molar refractivity (Wildman–Crippen MR) is 114 cm³/mol. The summed E-state index contributed by atoms with van der Waals surface area (Å²) in [6, 6.07) is 17.5. The lowest BCUT2D eigenvalue weighted by Gasteiger charge is -2.08. The molecule has 0 atom stereocenters. The SMILES string of the molecule is CCCCCOc1ccc2cc(C(=O)Oc3ccc(C(=O)S)cc3)ccc2c1. The van der Waals surface area contributed by atoms with Crippen molar-refractivity contribution in [1.29, 1.82) is 0 Å². The van der Waals surface area contributed by atoms with Gasteiger partial charge in [0.05, 0.1) is 12.2 Å². The third-order valence-corrected chi connectivity index (χ3v) is 4.63. The third kappa shape index (κ3) is 5.14. The Labute approximate surface area is 169 Å². The van der Waals surface area contributed by atoms with Gasteiger partial charge in [0.25, 0.3) is 0 Å². The van der Waals surface area contributed by atoms with Crippen LogP contribution in [0.25, 0.3) is 10.8 Å². The Kier molecular flexibility index (Phi) is 6.71. The summed E-state index contributed by atoms with van der Waals surface area (Å²) < 4.78 is 11.2. The topological polar surface area (TPSA) is 52.6 Å². The third-order valence-electron chi connectivity index (χ3n) is 4.38. The number of carbonyl (C=O) groups excluding carboxylic acids is 2. The molecular formula is C23H22O4S. The van der Waals surface area contributed by atoms with E-state index in [1.807, 2.05) is 24.3 Å². The van der Waals surface area contributed by atoms with Gasteiger partial charge in [0.1, 0.15) is 11.5 Å². The Morgan fingerprint density at radius 1 is 0.821 bits per heavy atom. The van der Waals surface area contributed by atoms with Crippen LogP contribution in [0.15, 0.2) is 60.7 Å². The molecular weight excluding hydrogens is 372 g/mol. The zero-order valence-corrected chi connectivity index (χ0v) is 16.6. The highest BCUT2D eigenvalue weighted by Gasteiger charge is 2.10.